The summed E-state index contributed by atoms with van der Waals surface area (Å²) in [6.45, 7) is 4.99. The van der Waals surface area contributed by atoms with E-state index in [0.29, 0.717) is 35.2 Å². The van der Waals surface area contributed by atoms with Crippen LogP contribution in [0, 0.1) is 5.92 Å². The minimum atomic E-state index is -0.259. The number of nitrogens with zero attached hydrogens (tertiary/aromatic N) is 2. The Morgan fingerprint density at radius 1 is 1.03 bits per heavy atom. The molecule has 1 heterocycles. The molecule has 0 aromatic heterocycles. The lowest BCUT2D eigenvalue weighted by Crippen LogP contribution is -2.46. The van der Waals surface area contributed by atoms with E-state index in [0.717, 1.165) is 28.8 Å². The van der Waals surface area contributed by atoms with Crippen LogP contribution in [0.5, 0.6) is 5.75 Å². The Bertz CT molecular complexity index is 1030. The van der Waals surface area contributed by atoms with E-state index in [1.54, 1.807) is 24.3 Å². The first kappa shape index (κ1) is 19.2. The molecule has 3 aromatic rings. The summed E-state index contributed by atoms with van der Waals surface area (Å²) in [7, 11) is 0. The van der Waals surface area contributed by atoms with Gasteiger partial charge in [-0.1, -0.05) is 44.2 Å². The van der Waals surface area contributed by atoms with Gasteiger partial charge in [0.25, 0.3) is 5.91 Å². The van der Waals surface area contributed by atoms with Gasteiger partial charge in [-0.25, -0.2) is 5.01 Å². The van der Waals surface area contributed by atoms with Crippen LogP contribution in [-0.2, 0) is 0 Å². The molecule has 0 spiro atoms. The Balaban J connectivity index is 1.56. The van der Waals surface area contributed by atoms with E-state index >= 15 is 0 Å². The Morgan fingerprint density at radius 3 is 2.62 bits per heavy atom. The van der Waals surface area contributed by atoms with E-state index in [-0.39, 0.29) is 5.91 Å². The van der Waals surface area contributed by atoms with Gasteiger partial charge in [0.2, 0.25) is 0 Å². The lowest BCUT2D eigenvalue weighted by atomic mass is 10.1. The van der Waals surface area contributed by atoms with Crippen LogP contribution in [0.15, 0.2) is 60.7 Å². The SMILES string of the molecule is CC(C)CCCOc1ccc2c(c1)N(C(=O)c1ccc3ccccc3c1)NN2O. The fourth-order valence-corrected chi connectivity index (χ4v) is 3.44. The summed E-state index contributed by atoms with van der Waals surface area (Å²) in [5, 5.41) is 14.4. The Morgan fingerprint density at radius 2 is 1.83 bits per heavy atom. The molecule has 0 aliphatic carbocycles. The number of benzene rings is 3. The van der Waals surface area contributed by atoms with Crippen molar-refractivity contribution >= 4 is 28.1 Å². The molecule has 6 nitrogen and oxygen atoms in total. The van der Waals surface area contributed by atoms with Crippen molar-refractivity contribution in [1.29, 1.82) is 0 Å². The monoisotopic (exact) mass is 391 g/mol. The lowest BCUT2D eigenvalue weighted by molar-refractivity contribution is 0.0957. The number of hydrogen-bond donors (Lipinski definition) is 2. The van der Waals surface area contributed by atoms with Crippen molar-refractivity contribution < 1.29 is 14.7 Å². The van der Waals surface area contributed by atoms with Gasteiger partial charge in [-0.15, -0.1) is 5.53 Å². The molecule has 0 saturated heterocycles. The van der Waals surface area contributed by atoms with Gasteiger partial charge < -0.3 is 4.74 Å². The predicted octanol–water partition coefficient (Wildman–Crippen LogP) is 4.93. The van der Waals surface area contributed by atoms with E-state index in [1.807, 2.05) is 36.4 Å². The molecule has 1 aliphatic rings. The number of hydrogen-bond acceptors (Lipinski definition) is 5. The van der Waals surface area contributed by atoms with Crippen LogP contribution in [-0.4, -0.2) is 17.7 Å². The third-order valence-corrected chi connectivity index (χ3v) is 5.00. The second-order valence-corrected chi connectivity index (χ2v) is 7.65. The standard InChI is InChI=1S/C23H25N3O3/c1-16(2)6-5-13-29-20-11-12-21-22(15-20)25(24-26(21)28)23(27)19-10-9-17-7-3-4-8-18(17)14-19/h3-4,7-12,14-16,24,28H,5-6,13H2,1-2H3. The zero-order chi connectivity index (χ0) is 20.4. The molecule has 2 N–H and O–H groups in total. The van der Waals surface area contributed by atoms with E-state index in [4.69, 9.17) is 4.74 Å². The smallest absolute Gasteiger partial charge is 0.274 e. The second kappa shape index (κ2) is 8.11. The van der Waals surface area contributed by atoms with Gasteiger partial charge in [0.1, 0.15) is 11.4 Å². The Kier molecular flexibility index (Phi) is 5.38. The first-order valence-electron chi connectivity index (χ1n) is 9.88. The van der Waals surface area contributed by atoms with Crippen LogP contribution in [0.1, 0.15) is 37.0 Å². The molecule has 1 amide bonds. The average molecular weight is 391 g/mol. The first-order chi connectivity index (χ1) is 14.0. The fraction of sp³-hybridized carbons (Fsp3) is 0.261. The topological polar surface area (TPSA) is 65.0 Å². The van der Waals surface area contributed by atoms with E-state index < -0.39 is 0 Å². The van der Waals surface area contributed by atoms with Crippen molar-refractivity contribution in [2.24, 2.45) is 5.92 Å². The van der Waals surface area contributed by atoms with Gasteiger partial charge in [-0.2, -0.15) is 5.17 Å². The van der Waals surface area contributed by atoms with Gasteiger partial charge in [-0.05, 0) is 53.8 Å². The molecular weight excluding hydrogens is 366 g/mol. The highest BCUT2D eigenvalue weighted by molar-refractivity contribution is 6.10. The summed E-state index contributed by atoms with van der Waals surface area (Å²) < 4.78 is 5.84. The van der Waals surface area contributed by atoms with Gasteiger partial charge >= 0.3 is 0 Å². The number of rotatable bonds is 6. The van der Waals surface area contributed by atoms with Crippen molar-refractivity contribution in [2.45, 2.75) is 26.7 Å². The van der Waals surface area contributed by atoms with Crippen LogP contribution in [0.4, 0.5) is 11.4 Å². The summed E-state index contributed by atoms with van der Waals surface area (Å²) >= 11 is 0. The quantitative estimate of drug-likeness (QED) is 0.583. The molecule has 150 valence electrons. The summed E-state index contributed by atoms with van der Waals surface area (Å²) in [5.41, 5.74) is 4.26. The normalized spacial score (nSPS) is 13.2. The molecule has 0 saturated carbocycles. The van der Waals surface area contributed by atoms with Crippen LogP contribution in [0.2, 0.25) is 0 Å². The Hall–Kier alpha value is -3.09. The van der Waals surface area contributed by atoms with Crippen molar-refractivity contribution in [2.75, 3.05) is 16.8 Å². The molecule has 1 aliphatic heterocycles. The molecule has 0 radical (unpaired) electrons. The number of carbonyl (C=O) groups is 1. The Labute approximate surface area is 170 Å². The van der Waals surface area contributed by atoms with Crippen molar-refractivity contribution in [3.63, 3.8) is 0 Å². The lowest BCUT2D eigenvalue weighted by Gasteiger charge is -2.17. The highest BCUT2D eigenvalue weighted by atomic mass is 16.6. The summed E-state index contributed by atoms with van der Waals surface area (Å²) in [5.74, 6) is 1.05. The molecule has 0 bridgehead atoms. The van der Waals surface area contributed by atoms with Crippen molar-refractivity contribution in [3.05, 3.63) is 66.2 Å². The number of hydrazine groups is 2. The molecule has 0 atom stereocenters. The second-order valence-electron chi connectivity index (χ2n) is 7.65. The maximum atomic E-state index is 13.1. The number of fused-ring (bicyclic) bond motifs is 2. The minimum Gasteiger partial charge on any atom is -0.494 e. The molecule has 6 heteroatoms. The average Bonchev–Trinajstić information content (AvgIpc) is 3.06. The van der Waals surface area contributed by atoms with E-state index in [9.17, 15) is 10.0 Å². The fourth-order valence-electron chi connectivity index (χ4n) is 3.44. The van der Waals surface area contributed by atoms with Gasteiger partial charge in [0.05, 0.1) is 12.3 Å². The zero-order valence-electron chi connectivity index (χ0n) is 16.6. The highest BCUT2D eigenvalue weighted by Crippen LogP contribution is 2.36. The van der Waals surface area contributed by atoms with E-state index in [2.05, 4.69) is 19.4 Å². The summed E-state index contributed by atoms with van der Waals surface area (Å²) in [4.78, 5) is 13.1. The van der Waals surface area contributed by atoms with Crippen LogP contribution < -0.4 is 20.5 Å². The van der Waals surface area contributed by atoms with E-state index in [1.165, 1.54) is 5.01 Å². The van der Waals surface area contributed by atoms with Gasteiger partial charge in [-0.3, -0.25) is 10.0 Å². The van der Waals surface area contributed by atoms with Crippen molar-refractivity contribution in [1.82, 2.24) is 5.53 Å². The van der Waals surface area contributed by atoms with Crippen molar-refractivity contribution in [3.8, 4) is 5.75 Å². The number of carbonyl (C=O) groups excluding carboxylic acids is 1. The van der Waals surface area contributed by atoms with Crippen LogP contribution >= 0.6 is 0 Å². The maximum Gasteiger partial charge on any atom is 0.274 e. The summed E-state index contributed by atoms with van der Waals surface area (Å²) in [6.07, 6.45) is 2.07. The first-order valence-corrected chi connectivity index (χ1v) is 9.88. The molecular formula is C23H25N3O3. The largest absolute Gasteiger partial charge is 0.494 e. The van der Waals surface area contributed by atoms with Crippen LogP contribution in [0.3, 0.4) is 0 Å². The highest BCUT2D eigenvalue weighted by Gasteiger charge is 2.31. The van der Waals surface area contributed by atoms with Crippen LogP contribution in [0.25, 0.3) is 10.8 Å². The molecule has 4 rings (SSSR count). The van der Waals surface area contributed by atoms with Gasteiger partial charge in [0, 0.05) is 11.6 Å². The molecule has 29 heavy (non-hydrogen) atoms. The number of nitrogens with one attached hydrogen (secondary N) is 1. The molecule has 0 fully saturated rings. The van der Waals surface area contributed by atoms with Gasteiger partial charge in [0.15, 0.2) is 0 Å². The summed E-state index contributed by atoms with van der Waals surface area (Å²) in [6, 6.07) is 18.7. The third-order valence-electron chi connectivity index (χ3n) is 5.00. The maximum absolute atomic E-state index is 13.1. The predicted molar refractivity (Wildman–Crippen MR) is 114 cm³/mol. The third kappa shape index (κ3) is 4.04. The molecule has 3 aromatic carbocycles. The zero-order valence-corrected chi connectivity index (χ0v) is 16.6. The molecule has 0 unspecified atom stereocenters. The number of anilines is 2. The number of ether oxygens (including phenoxy) is 1. The number of amides is 1. The minimum absolute atomic E-state index is 0.259.